The number of nitrogens with zero attached hydrogens (tertiary/aromatic N) is 2. The summed E-state index contributed by atoms with van der Waals surface area (Å²) >= 11 is 0. The second-order valence-electron chi connectivity index (χ2n) is 5.82. The standard InChI is InChI=1S/C10H16N2O8.4CH5N3.ClH/c13-7(14)3-11(4-8(15)16)1-2-12(5-9(17)18)6-10(19)20;4*2-1(3)4;/h1-6H2,(H,13,14)(H,15,16)(H,17,18)(H,19,20);4*(H5,2,3,4);1H. The first kappa shape index (κ1) is 45.6. The van der Waals surface area contributed by atoms with Crippen LogP contribution < -0.4 is 45.9 Å². The second kappa shape index (κ2) is 29.2. The van der Waals surface area contributed by atoms with Crippen molar-refractivity contribution in [3.8, 4) is 0 Å². The van der Waals surface area contributed by atoms with Gasteiger partial charge in [0.25, 0.3) is 0 Å². The van der Waals surface area contributed by atoms with Crippen molar-refractivity contribution in [2.75, 3.05) is 39.3 Å². The van der Waals surface area contributed by atoms with Gasteiger partial charge in [0.2, 0.25) is 0 Å². The number of carbonyl (C=O) groups is 4. The number of aliphatic carboxylic acids is 4. The number of carboxylic acids is 4. The Kier molecular flexibility index (Phi) is 36.0. The highest BCUT2D eigenvalue weighted by Gasteiger charge is 2.17. The Morgan fingerprint density at radius 2 is 0.568 bits per heavy atom. The highest BCUT2D eigenvalue weighted by molar-refractivity contribution is 5.85. The third-order valence-corrected chi connectivity index (χ3v) is 2.17. The Hall–Kier alpha value is -4.83. The molecule has 23 heteroatoms. The molecule has 0 aliphatic rings. The number of rotatable bonds is 11. The molecule has 0 radical (unpaired) electrons. The predicted molar refractivity (Wildman–Crippen MR) is 135 cm³/mol. The lowest BCUT2D eigenvalue weighted by Crippen LogP contribution is -2.43. The zero-order valence-corrected chi connectivity index (χ0v) is 20.4. The van der Waals surface area contributed by atoms with E-state index in [9.17, 15) is 19.2 Å². The largest absolute Gasteiger partial charge is 0.480 e. The molecule has 0 unspecified atom stereocenters. The van der Waals surface area contributed by atoms with Gasteiger partial charge in [0.15, 0.2) is 23.8 Å². The maximum absolute atomic E-state index is 10.6. The minimum atomic E-state index is -1.23. The summed E-state index contributed by atoms with van der Waals surface area (Å²) in [6, 6.07) is 0. The molecule has 0 spiro atoms. The average Bonchev–Trinajstić information content (AvgIpc) is 2.55. The summed E-state index contributed by atoms with van der Waals surface area (Å²) in [5, 5.41) is 58.7. The molecule has 218 valence electrons. The normalized spacial score (nSPS) is 8.38. The molecule has 0 aromatic carbocycles. The first-order valence-electron chi connectivity index (χ1n) is 8.83. The fourth-order valence-corrected chi connectivity index (χ4v) is 1.48. The van der Waals surface area contributed by atoms with E-state index in [1.54, 1.807) is 0 Å². The highest BCUT2D eigenvalue weighted by Crippen LogP contribution is 1.94. The van der Waals surface area contributed by atoms with E-state index in [4.69, 9.17) is 42.1 Å². The second-order valence-corrected chi connectivity index (χ2v) is 5.82. The van der Waals surface area contributed by atoms with Gasteiger partial charge in [-0.15, -0.1) is 12.4 Å². The van der Waals surface area contributed by atoms with Gasteiger partial charge in [-0.25, -0.2) is 0 Å². The molecule has 0 rings (SSSR count). The van der Waals surface area contributed by atoms with E-state index in [2.05, 4.69) is 45.9 Å². The molecule has 0 fully saturated rings. The molecular formula is C14H37ClN14O8. The Labute approximate surface area is 216 Å². The van der Waals surface area contributed by atoms with E-state index >= 15 is 0 Å². The maximum atomic E-state index is 10.6. The summed E-state index contributed by atoms with van der Waals surface area (Å²) in [6.07, 6.45) is 0. The van der Waals surface area contributed by atoms with Crippen molar-refractivity contribution < 1.29 is 39.6 Å². The number of carboxylic acid groups (broad SMARTS) is 4. The van der Waals surface area contributed by atoms with Gasteiger partial charge in [-0.2, -0.15) is 0 Å². The smallest absolute Gasteiger partial charge is 0.317 e. The molecule has 0 saturated heterocycles. The third-order valence-electron chi connectivity index (χ3n) is 2.17. The molecule has 0 heterocycles. The number of nitrogens with two attached hydrogens (primary N) is 8. The van der Waals surface area contributed by atoms with Gasteiger partial charge < -0.3 is 66.3 Å². The van der Waals surface area contributed by atoms with Crippen LogP contribution in [0.1, 0.15) is 0 Å². The van der Waals surface area contributed by atoms with Gasteiger partial charge in [0, 0.05) is 13.1 Å². The van der Waals surface area contributed by atoms with Crippen molar-refractivity contribution >= 4 is 60.1 Å². The van der Waals surface area contributed by atoms with Crippen LogP contribution in [0.25, 0.3) is 0 Å². The lowest BCUT2D eigenvalue weighted by atomic mass is 10.4. The minimum Gasteiger partial charge on any atom is -0.480 e. The van der Waals surface area contributed by atoms with Crippen LogP contribution in [0.2, 0.25) is 0 Å². The topological polar surface area (TPSA) is 459 Å². The Morgan fingerprint density at radius 3 is 0.649 bits per heavy atom. The summed E-state index contributed by atoms with van der Waals surface area (Å²) in [7, 11) is 0. The zero-order chi connectivity index (χ0) is 30.0. The number of halogens is 1. The molecule has 0 aromatic rings. The lowest BCUT2D eigenvalue weighted by molar-refractivity contribution is -0.145. The van der Waals surface area contributed by atoms with Gasteiger partial charge in [-0.05, 0) is 0 Å². The maximum Gasteiger partial charge on any atom is 0.317 e. The van der Waals surface area contributed by atoms with E-state index in [1.165, 1.54) is 0 Å². The van der Waals surface area contributed by atoms with Crippen LogP contribution in [0.4, 0.5) is 0 Å². The first-order chi connectivity index (χ1) is 16.1. The predicted octanol–water partition coefficient (Wildman–Crippen LogP) is -6.30. The molecule has 0 amide bonds. The van der Waals surface area contributed by atoms with Crippen LogP contribution in [0, 0.1) is 21.6 Å². The van der Waals surface area contributed by atoms with E-state index < -0.39 is 50.1 Å². The summed E-state index contributed by atoms with van der Waals surface area (Å²) in [4.78, 5) is 44.4. The van der Waals surface area contributed by atoms with Crippen molar-refractivity contribution in [1.82, 2.24) is 9.80 Å². The first-order valence-corrected chi connectivity index (χ1v) is 8.83. The van der Waals surface area contributed by atoms with E-state index in [0.717, 1.165) is 9.80 Å². The lowest BCUT2D eigenvalue weighted by Gasteiger charge is -2.23. The molecule has 0 atom stereocenters. The van der Waals surface area contributed by atoms with Gasteiger partial charge in [-0.1, -0.05) is 0 Å². The molecule has 0 bridgehead atoms. The van der Waals surface area contributed by atoms with Gasteiger partial charge in [-0.3, -0.25) is 50.6 Å². The molecule has 0 aliphatic carbocycles. The van der Waals surface area contributed by atoms with Crippen molar-refractivity contribution in [2.45, 2.75) is 0 Å². The summed E-state index contributed by atoms with van der Waals surface area (Å²) in [5.41, 5.74) is 35.8. The van der Waals surface area contributed by atoms with Gasteiger partial charge in [0.05, 0.1) is 26.2 Å². The molecule has 37 heavy (non-hydrogen) atoms. The van der Waals surface area contributed by atoms with Crippen LogP contribution in [-0.4, -0.2) is 117 Å². The molecule has 0 aromatic heterocycles. The Morgan fingerprint density at radius 1 is 0.459 bits per heavy atom. The van der Waals surface area contributed by atoms with Crippen LogP contribution >= 0.6 is 12.4 Å². The molecule has 0 saturated carbocycles. The van der Waals surface area contributed by atoms with Crippen LogP contribution in [-0.2, 0) is 19.2 Å². The fraction of sp³-hybridized carbons (Fsp3) is 0.429. The number of hydrogen-bond donors (Lipinski definition) is 16. The monoisotopic (exact) mass is 564 g/mol. The Balaban J connectivity index is -0.000000115. The minimum absolute atomic E-state index is 0. The zero-order valence-electron chi connectivity index (χ0n) is 19.6. The summed E-state index contributed by atoms with van der Waals surface area (Å²) < 4.78 is 0. The number of hydrogen-bond acceptors (Lipinski definition) is 10. The molecule has 24 N–H and O–H groups in total. The van der Waals surface area contributed by atoms with Crippen molar-refractivity contribution in [1.29, 1.82) is 21.6 Å². The number of nitrogens with one attached hydrogen (secondary N) is 4. The summed E-state index contributed by atoms with van der Waals surface area (Å²) in [5.74, 6) is -6.24. The quantitative estimate of drug-likeness (QED) is 0.0818. The summed E-state index contributed by atoms with van der Waals surface area (Å²) in [6.45, 7) is -2.25. The molecular weight excluding hydrogens is 528 g/mol. The average molecular weight is 565 g/mol. The molecule has 0 aliphatic heterocycles. The number of guanidine groups is 4. The Bertz CT molecular complexity index is 607. The van der Waals surface area contributed by atoms with Crippen molar-refractivity contribution in [2.24, 2.45) is 45.9 Å². The van der Waals surface area contributed by atoms with Crippen molar-refractivity contribution in [3.63, 3.8) is 0 Å². The van der Waals surface area contributed by atoms with Crippen LogP contribution in [0.3, 0.4) is 0 Å². The SMILES string of the molecule is Cl.N=C(N)N.N=C(N)N.N=C(N)N.N=C(N)N.O=C(O)CN(CCN(CC(=O)O)CC(=O)O)CC(=O)O. The van der Waals surface area contributed by atoms with Gasteiger partial charge in [0.1, 0.15) is 0 Å². The van der Waals surface area contributed by atoms with Gasteiger partial charge >= 0.3 is 23.9 Å². The van der Waals surface area contributed by atoms with Crippen molar-refractivity contribution in [3.05, 3.63) is 0 Å². The van der Waals surface area contributed by atoms with Crippen LogP contribution in [0.5, 0.6) is 0 Å². The molecule has 22 nitrogen and oxygen atoms in total. The third kappa shape index (κ3) is 101. The fourth-order valence-electron chi connectivity index (χ4n) is 1.48. The van der Waals surface area contributed by atoms with E-state index in [0.29, 0.717) is 0 Å². The van der Waals surface area contributed by atoms with E-state index in [1.807, 2.05) is 0 Å². The van der Waals surface area contributed by atoms with E-state index in [-0.39, 0.29) is 49.3 Å². The highest BCUT2D eigenvalue weighted by atomic mass is 35.5. The van der Waals surface area contributed by atoms with Crippen LogP contribution in [0.15, 0.2) is 0 Å².